The number of likely N-dealkylation sites (N-methyl/N-ethyl adjacent to an activating group) is 1. The maximum atomic E-state index is 12.4. The molecule has 0 aliphatic carbocycles. The predicted octanol–water partition coefficient (Wildman–Crippen LogP) is 3.17. The van der Waals surface area contributed by atoms with Crippen LogP contribution in [0.5, 0.6) is 5.75 Å². The third-order valence-electron chi connectivity index (χ3n) is 3.18. The van der Waals surface area contributed by atoms with Crippen LogP contribution in [0.3, 0.4) is 0 Å². The highest BCUT2D eigenvalue weighted by Crippen LogP contribution is 2.32. The van der Waals surface area contributed by atoms with Gasteiger partial charge in [-0.3, -0.25) is 4.90 Å². The zero-order valence-corrected chi connectivity index (χ0v) is 13.5. The molecule has 0 amide bonds. The second-order valence-corrected chi connectivity index (χ2v) is 5.96. The summed E-state index contributed by atoms with van der Waals surface area (Å²) in [6.45, 7) is -0.274. The Bertz CT molecular complexity index is 646. The van der Waals surface area contributed by atoms with Crippen molar-refractivity contribution in [2.75, 3.05) is 20.7 Å². The largest absolute Gasteiger partial charge is 0.496 e. The molecule has 1 heterocycles. The summed E-state index contributed by atoms with van der Waals surface area (Å²) >= 11 is 1.40. The number of nitrogens with zero attached hydrogens (tertiary/aromatic N) is 2. The highest BCUT2D eigenvalue weighted by atomic mass is 32.1. The fourth-order valence-electron chi connectivity index (χ4n) is 2.06. The lowest BCUT2D eigenvalue weighted by Gasteiger charge is -2.21. The first-order valence-electron chi connectivity index (χ1n) is 6.82. The van der Waals surface area contributed by atoms with Crippen LogP contribution in [0, 0.1) is 0 Å². The van der Waals surface area contributed by atoms with Crippen LogP contribution in [0.25, 0.3) is 10.6 Å². The van der Waals surface area contributed by atoms with Crippen molar-refractivity contribution in [2.45, 2.75) is 18.8 Å². The summed E-state index contributed by atoms with van der Waals surface area (Å²) in [5, 5.41) is 11.6. The van der Waals surface area contributed by atoms with Gasteiger partial charge in [0.1, 0.15) is 10.8 Å². The summed E-state index contributed by atoms with van der Waals surface area (Å²) in [7, 11) is 3.08. The van der Waals surface area contributed by atoms with E-state index in [4.69, 9.17) is 9.84 Å². The standard InChI is InChI=1S/C15H17F3N2O2S/c1-20(8-13(21)15(16,17)18)7-10-9-23-14(19-10)11-5-3-4-6-12(11)22-2/h3-6,9,13,21H,7-8H2,1-2H3. The molecule has 1 aromatic carbocycles. The zero-order valence-electron chi connectivity index (χ0n) is 12.7. The molecule has 126 valence electrons. The average Bonchev–Trinajstić information content (AvgIpc) is 2.94. The first-order chi connectivity index (χ1) is 10.8. The van der Waals surface area contributed by atoms with Gasteiger partial charge in [0.25, 0.3) is 0 Å². The van der Waals surface area contributed by atoms with Crippen molar-refractivity contribution in [3.63, 3.8) is 0 Å². The minimum absolute atomic E-state index is 0.221. The topological polar surface area (TPSA) is 45.6 Å². The molecule has 1 aromatic heterocycles. The lowest BCUT2D eigenvalue weighted by molar-refractivity contribution is -0.207. The van der Waals surface area contributed by atoms with Gasteiger partial charge in [-0.05, 0) is 19.2 Å². The Hall–Kier alpha value is -1.64. The van der Waals surface area contributed by atoms with E-state index in [1.54, 1.807) is 12.5 Å². The van der Waals surface area contributed by atoms with Crippen LogP contribution in [0.15, 0.2) is 29.6 Å². The third kappa shape index (κ3) is 4.66. The molecule has 0 aliphatic rings. The third-order valence-corrected chi connectivity index (χ3v) is 4.11. The molecule has 4 nitrogen and oxygen atoms in total. The van der Waals surface area contributed by atoms with E-state index < -0.39 is 18.8 Å². The normalized spacial score (nSPS) is 13.3. The molecule has 1 atom stereocenters. The summed E-state index contributed by atoms with van der Waals surface area (Å²) in [4.78, 5) is 5.82. The van der Waals surface area contributed by atoms with Gasteiger partial charge in [0.15, 0.2) is 6.10 Å². The van der Waals surface area contributed by atoms with E-state index in [0.717, 1.165) is 10.6 Å². The summed E-state index contributed by atoms with van der Waals surface area (Å²) in [5.74, 6) is 0.689. The minimum atomic E-state index is -4.61. The summed E-state index contributed by atoms with van der Waals surface area (Å²) in [6.07, 6.45) is -6.97. The smallest absolute Gasteiger partial charge is 0.415 e. The average molecular weight is 346 g/mol. The molecule has 0 radical (unpaired) electrons. The molecule has 0 saturated heterocycles. The number of hydrogen-bond donors (Lipinski definition) is 1. The van der Waals surface area contributed by atoms with Gasteiger partial charge < -0.3 is 9.84 Å². The first kappa shape index (κ1) is 17.7. The fourth-order valence-corrected chi connectivity index (χ4v) is 2.90. The van der Waals surface area contributed by atoms with E-state index in [-0.39, 0.29) is 6.54 Å². The molecule has 2 rings (SSSR count). The summed E-state index contributed by atoms with van der Waals surface area (Å²) in [6, 6.07) is 7.41. The van der Waals surface area contributed by atoms with Crippen LogP contribution in [0.4, 0.5) is 13.2 Å². The number of hydrogen-bond acceptors (Lipinski definition) is 5. The van der Waals surface area contributed by atoms with E-state index in [2.05, 4.69) is 4.98 Å². The quantitative estimate of drug-likeness (QED) is 0.873. The van der Waals surface area contributed by atoms with Gasteiger partial charge >= 0.3 is 6.18 Å². The van der Waals surface area contributed by atoms with Gasteiger partial charge in [0.2, 0.25) is 0 Å². The monoisotopic (exact) mass is 346 g/mol. The fraction of sp³-hybridized carbons (Fsp3) is 0.400. The Labute approximate surface area is 136 Å². The maximum absolute atomic E-state index is 12.4. The van der Waals surface area contributed by atoms with Crippen molar-refractivity contribution in [1.29, 1.82) is 0 Å². The van der Waals surface area contributed by atoms with Gasteiger partial charge in [-0.1, -0.05) is 12.1 Å². The lowest BCUT2D eigenvalue weighted by Crippen LogP contribution is -2.39. The van der Waals surface area contributed by atoms with Crippen molar-refractivity contribution in [1.82, 2.24) is 9.88 Å². The number of rotatable bonds is 6. The van der Waals surface area contributed by atoms with Crippen LogP contribution in [0.1, 0.15) is 5.69 Å². The van der Waals surface area contributed by atoms with Crippen molar-refractivity contribution in [3.05, 3.63) is 35.3 Å². The van der Waals surface area contributed by atoms with Crippen molar-refractivity contribution >= 4 is 11.3 Å². The molecular formula is C15H17F3N2O2S. The van der Waals surface area contributed by atoms with Crippen LogP contribution < -0.4 is 4.74 Å². The molecule has 0 fully saturated rings. The Morgan fingerprint density at radius 3 is 2.70 bits per heavy atom. The number of methoxy groups -OCH3 is 1. The van der Waals surface area contributed by atoms with Crippen LogP contribution in [-0.4, -0.2) is 48.0 Å². The van der Waals surface area contributed by atoms with Crippen molar-refractivity contribution < 1.29 is 23.0 Å². The predicted molar refractivity (Wildman–Crippen MR) is 82.5 cm³/mol. The number of alkyl halides is 3. The zero-order chi connectivity index (χ0) is 17.0. The number of ether oxygens (including phenoxy) is 1. The molecule has 2 aromatic rings. The van der Waals surface area contributed by atoms with Gasteiger partial charge in [0, 0.05) is 18.5 Å². The number of para-hydroxylation sites is 1. The molecule has 0 bridgehead atoms. The van der Waals surface area contributed by atoms with Gasteiger partial charge in [-0.15, -0.1) is 11.3 Å². The summed E-state index contributed by atoms with van der Waals surface area (Å²) < 4.78 is 42.3. The summed E-state index contributed by atoms with van der Waals surface area (Å²) in [5.41, 5.74) is 1.48. The molecular weight excluding hydrogens is 329 g/mol. The molecule has 0 saturated carbocycles. The number of aliphatic hydroxyl groups excluding tert-OH is 1. The second kappa shape index (κ2) is 7.29. The molecule has 0 aliphatic heterocycles. The molecule has 1 N–H and O–H groups in total. The van der Waals surface area contributed by atoms with Crippen LogP contribution in [0.2, 0.25) is 0 Å². The van der Waals surface area contributed by atoms with Gasteiger partial charge in [-0.2, -0.15) is 13.2 Å². The van der Waals surface area contributed by atoms with E-state index in [1.807, 2.05) is 24.3 Å². The van der Waals surface area contributed by atoms with Crippen molar-refractivity contribution in [3.8, 4) is 16.3 Å². The van der Waals surface area contributed by atoms with E-state index in [0.29, 0.717) is 11.4 Å². The van der Waals surface area contributed by atoms with Crippen LogP contribution in [-0.2, 0) is 6.54 Å². The molecule has 0 spiro atoms. The number of aliphatic hydroxyl groups is 1. The van der Waals surface area contributed by atoms with Gasteiger partial charge in [0.05, 0.1) is 18.4 Å². The SMILES string of the molecule is COc1ccccc1-c1nc(CN(C)CC(O)C(F)(F)F)cs1. The lowest BCUT2D eigenvalue weighted by atomic mass is 10.2. The Morgan fingerprint density at radius 2 is 2.04 bits per heavy atom. The second-order valence-electron chi connectivity index (χ2n) is 5.10. The number of aromatic nitrogens is 1. The first-order valence-corrected chi connectivity index (χ1v) is 7.70. The molecule has 1 unspecified atom stereocenters. The highest BCUT2D eigenvalue weighted by Gasteiger charge is 2.38. The van der Waals surface area contributed by atoms with E-state index in [1.165, 1.54) is 23.3 Å². The van der Waals surface area contributed by atoms with E-state index in [9.17, 15) is 13.2 Å². The van der Waals surface area contributed by atoms with Gasteiger partial charge in [-0.25, -0.2) is 4.98 Å². The van der Waals surface area contributed by atoms with Crippen molar-refractivity contribution in [2.24, 2.45) is 0 Å². The number of thiazole rings is 1. The Morgan fingerprint density at radius 1 is 1.35 bits per heavy atom. The maximum Gasteiger partial charge on any atom is 0.415 e. The van der Waals surface area contributed by atoms with Crippen LogP contribution >= 0.6 is 11.3 Å². The van der Waals surface area contributed by atoms with E-state index >= 15 is 0 Å². The number of halogens is 3. The molecule has 23 heavy (non-hydrogen) atoms. The highest BCUT2D eigenvalue weighted by molar-refractivity contribution is 7.13. The number of benzene rings is 1. The minimum Gasteiger partial charge on any atom is -0.496 e. The Kier molecular flexibility index (Phi) is 5.61. The Balaban J connectivity index is 2.05. The molecule has 8 heteroatoms.